The molecule has 2 N–H and O–H groups in total. The largest absolute Gasteiger partial charge is 0.326 e. The summed E-state index contributed by atoms with van der Waals surface area (Å²) in [7, 11) is 0. The van der Waals surface area contributed by atoms with E-state index in [1.807, 2.05) is 6.92 Å². The molecule has 2 amide bonds. The van der Waals surface area contributed by atoms with Crippen molar-refractivity contribution in [2.24, 2.45) is 0 Å². The molecule has 0 heterocycles. The van der Waals surface area contributed by atoms with Crippen LogP contribution in [0.2, 0.25) is 0 Å². The van der Waals surface area contributed by atoms with Crippen LogP contribution in [0.15, 0.2) is 29.8 Å². The van der Waals surface area contributed by atoms with Gasteiger partial charge in [0.25, 0.3) is 5.91 Å². The number of benzene rings is 1. The first-order valence-corrected chi connectivity index (χ1v) is 5.99. The number of halogens is 1. The van der Waals surface area contributed by atoms with E-state index in [1.165, 1.54) is 25.1 Å². The van der Waals surface area contributed by atoms with E-state index in [-0.39, 0.29) is 17.5 Å². The minimum atomic E-state index is -0.549. The molecule has 0 aliphatic heterocycles. The monoisotopic (exact) mass is 264 g/mol. The number of nitrogens with one attached hydrogen (secondary N) is 2. The number of carbonyl (C=O) groups excluding carboxylic acids is 2. The van der Waals surface area contributed by atoms with Crippen molar-refractivity contribution in [2.45, 2.75) is 27.2 Å². The molecule has 1 aromatic carbocycles. The number of rotatable bonds is 4. The van der Waals surface area contributed by atoms with Crippen molar-refractivity contribution in [1.29, 1.82) is 0 Å². The molecule has 1 rings (SSSR count). The zero-order valence-corrected chi connectivity index (χ0v) is 11.2. The highest BCUT2D eigenvalue weighted by atomic mass is 19.1. The molecule has 0 aromatic heterocycles. The molecule has 0 radical (unpaired) electrons. The van der Waals surface area contributed by atoms with Crippen LogP contribution in [0.3, 0.4) is 0 Å². The Labute approximate surface area is 111 Å². The van der Waals surface area contributed by atoms with E-state index in [4.69, 9.17) is 0 Å². The lowest BCUT2D eigenvalue weighted by Crippen LogP contribution is -2.14. The zero-order valence-electron chi connectivity index (χ0n) is 11.2. The van der Waals surface area contributed by atoms with Crippen LogP contribution >= 0.6 is 0 Å². The highest BCUT2D eigenvalue weighted by molar-refractivity contribution is 6.03. The molecule has 1 aromatic rings. The Morgan fingerprint density at radius 1 is 1.26 bits per heavy atom. The molecule has 0 aliphatic carbocycles. The molecule has 0 fully saturated rings. The molecule has 102 valence electrons. The fourth-order valence-electron chi connectivity index (χ4n) is 1.52. The van der Waals surface area contributed by atoms with Crippen LogP contribution in [0.5, 0.6) is 0 Å². The van der Waals surface area contributed by atoms with Crippen molar-refractivity contribution in [1.82, 2.24) is 0 Å². The van der Waals surface area contributed by atoms with E-state index in [0.717, 1.165) is 6.42 Å². The summed E-state index contributed by atoms with van der Waals surface area (Å²) in [5.74, 6) is -1.17. The normalized spacial score (nSPS) is 11.1. The summed E-state index contributed by atoms with van der Waals surface area (Å²) in [6.45, 7) is 4.93. The first kappa shape index (κ1) is 14.9. The molecule has 5 heteroatoms. The van der Waals surface area contributed by atoms with Crippen molar-refractivity contribution in [3.63, 3.8) is 0 Å². The van der Waals surface area contributed by atoms with Gasteiger partial charge in [-0.25, -0.2) is 4.39 Å². The minimum absolute atomic E-state index is 0.0418. The number of hydrogen-bond acceptors (Lipinski definition) is 2. The van der Waals surface area contributed by atoms with Crippen LogP contribution in [-0.2, 0) is 9.59 Å². The molecule has 0 saturated heterocycles. The predicted molar refractivity (Wildman–Crippen MR) is 73.4 cm³/mol. The number of hydrogen-bond donors (Lipinski definition) is 2. The second-order valence-corrected chi connectivity index (χ2v) is 4.13. The van der Waals surface area contributed by atoms with Crippen LogP contribution in [0.25, 0.3) is 0 Å². The Balaban J connectivity index is 2.91. The topological polar surface area (TPSA) is 58.2 Å². The SMILES string of the molecule is CC/C=C(/C)C(=O)Nc1cc(NC(C)=O)ccc1F. The maximum absolute atomic E-state index is 13.6. The number of carbonyl (C=O) groups is 2. The van der Waals surface area contributed by atoms with Gasteiger partial charge in [-0.2, -0.15) is 0 Å². The summed E-state index contributed by atoms with van der Waals surface area (Å²) >= 11 is 0. The van der Waals surface area contributed by atoms with E-state index in [1.54, 1.807) is 13.0 Å². The van der Waals surface area contributed by atoms with Gasteiger partial charge in [0.2, 0.25) is 5.91 Å². The average Bonchev–Trinajstić information content (AvgIpc) is 2.33. The predicted octanol–water partition coefficient (Wildman–Crippen LogP) is 3.08. The van der Waals surface area contributed by atoms with Gasteiger partial charge in [0.05, 0.1) is 5.69 Å². The minimum Gasteiger partial charge on any atom is -0.326 e. The van der Waals surface area contributed by atoms with E-state index in [9.17, 15) is 14.0 Å². The van der Waals surface area contributed by atoms with Crippen molar-refractivity contribution in [3.05, 3.63) is 35.7 Å². The summed E-state index contributed by atoms with van der Waals surface area (Å²) in [6.07, 6.45) is 2.48. The zero-order chi connectivity index (χ0) is 14.4. The van der Waals surface area contributed by atoms with Gasteiger partial charge in [-0.3, -0.25) is 9.59 Å². The van der Waals surface area contributed by atoms with E-state index < -0.39 is 5.82 Å². The summed E-state index contributed by atoms with van der Waals surface area (Å²) < 4.78 is 13.6. The number of amides is 2. The highest BCUT2D eigenvalue weighted by Gasteiger charge is 2.09. The van der Waals surface area contributed by atoms with Crippen LogP contribution < -0.4 is 10.6 Å². The smallest absolute Gasteiger partial charge is 0.251 e. The summed E-state index contributed by atoms with van der Waals surface area (Å²) in [4.78, 5) is 22.7. The first-order valence-electron chi connectivity index (χ1n) is 5.99. The summed E-state index contributed by atoms with van der Waals surface area (Å²) in [5, 5.41) is 5.00. The second kappa shape index (κ2) is 6.68. The molecule has 0 saturated carbocycles. The van der Waals surface area contributed by atoms with E-state index in [0.29, 0.717) is 11.3 Å². The second-order valence-electron chi connectivity index (χ2n) is 4.13. The van der Waals surface area contributed by atoms with Crippen molar-refractivity contribution in [3.8, 4) is 0 Å². The molecular formula is C14H17FN2O2. The molecule has 0 atom stereocenters. The lowest BCUT2D eigenvalue weighted by atomic mass is 10.2. The Hall–Kier alpha value is -2.17. The Morgan fingerprint density at radius 3 is 2.53 bits per heavy atom. The number of anilines is 2. The van der Waals surface area contributed by atoms with Crippen molar-refractivity contribution >= 4 is 23.2 Å². The maximum atomic E-state index is 13.6. The van der Waals surface area contributed by atoms with E-state index in [2.05, 4.69) is 10.6 Å². The molecular weight excluding hydrogens is 247 g/mol. The number of allylic oxidation sites excluding steroid dienone is 1. The molecule has 19 heavy (non-hydrogen) atoms. The van der Waals surface area contributed by atoms with Crippen LogP contribution in [0.4, 0.5) is 15.8 Å². The fourth-order valence-corrected chi connectivity index (χ4v) is 1.52. The highest BCUT2D eigenvalue weighted by Crippen LogP contribution is 2.20. The lowest BCUT2D eigenvalue weighted by molar-refractivity contribution is -0.114. The molecule has 4 nitrogen and oxygen atoms in total. The summed E-state index contributed by atoms with van der Waals surface area (Å²) in [5.41, 5.74) is 0.994. The standard InChI is InChI=1S/C14H17FN2O2/c1-4-5-9(2)14(19)17-13-8-11(16-10(3)18)6-7-12(13)15/h5-8H,4H2,1-3H3,(H,16,18)(H,17,19)/b9-5-. The van der Waals surface area contributed by atoms with Gasteiger partial charge in [-0.1, -0.05) is 13.0 Å². The lowest BCUT2D eigenvalue weighted by Gasteiger charge is -2.09. The van der Waals surface area contributed by atoms with Gasteiger partial charge >= 0.3 is 0 Å². The third-order valence-corrected chi connectivity index (χ3v) is 2.40. The average molecular weight is 264 g/mol. The van der Waals surface area contributed by atoms with Crippen LogP contribution in [-0.4, -0.2) is 11.8 Å². The molecule has 0 bridgehead atoms. The fraction of sp³-hybridized carbons (Fsp3) is 0.286. The van der Waals surface area contributed by atoms with Gasteiger partial charge in [-0.05, 0) is 31.5 Å². The third-order valence-electron chi connectivity index (χ3n) is 2.40. The Bertz CT molecular complexity index is 524. The van der Waals surface area contributed by atoms with E-state index >= 15 is 0 Å². The maximum Gasteiger partial charge on any atom is 0.251 e. The summed E-state index contributed by atoms with van der Waals surface area (Å²) in [6, 6.07) is 4.01. The van der Waals surface area contributed by atoms with Gasteiger partial charge in [0, 0.05) is 18.2 Å². The van der Waals surface area contributed by atoms with Crippen molar-refractivity contribution in [2.75, 3.05) is 10.6 Å². The third kappa shape index (κ3) is 4.54. The Morgan fingerprint density at radius 2 is 1.95 bits per heavy atom. The Kier molecular flexibility index (Phi) is 5.23. The quantitative estimate of drug-likeness (QED) is 0.821. The van der Waals surface area contributed by atoms with Gasteiger partial charge in [0.15, 0.2) is 0 Å². The van der Waals surface area contributed by atoms with Gasteiger partial charge in [0.1, 0.15) is 5.82 Å². The molecule has 0 unspecified atom stereocenters. The first-order chi connectivity index (χ1) is 8.93. The van der Waals surface area contributed by atoms with Gasteiger partial charge < -0.3 is 10.6 Å². The molecule has 0 aliphatic rings. The molecule has 0 spiro atoms. The van der Waals surface area contributed by atoms with Crippen molar-refractivity contribution < 1.29 is 14.0 Å². The van der Waals surface area contributed by atoms with Crippen LogP contribution in [0.1, 0.15) is 27.2 Å². The van der Waals surface area contributed by atoms with Crippen LogP contribution in [0, 0.1) is 5.82 Å². The van der Waals surface area contributed by atoms with Gasteiger partial charge in [-0.15, -0.1) is 0 Å².